The molecular weight excluding hydrogens is 276 g/mol. The molecule has 1 unspecified atom stereocenters. The first-order valence-electron chi connectivity index (χ1n) is 5.98. The minimum atomic E-state index is -3.72. The van der Waals surface area contributed by atoms with Gasteiger partial charge >= 0.3 is 0 Å². The highest BCUT2D eigenvalue weighted by Crippen LogP contribution is 2.23. The van der Waals surface area contributed by atoms with Crippen molar-refractivity contribution in [1.29, 1.82) is 0 Å². The molecule has 6 nitrogen and oxygen atoms in total. The van der Waals surface area contributed by atoms with E-state index in [0.29, 0.717) is 11.5 Å². The first-order valence-corrected chi connectivity index (χ1v) is 7.52. The molecule has 0 saturated carbocycles. The predicted octanol–water partition coefficient (Wildman–Crippen LogP) is 1.48. The molecule has 0 saturated heterocycles. The molecule has 0 aliphatic carbocycles. The van der Waals surface area contributed by atoms with E-state index in [1.807, 2.05) is 31.2 Å². The Morgan fingerprint density at radius 3 is 2.45 bits per heavy atom. The van der Waals surface area contributed by atoms with Crippen LogP contribution in [0, 0.1) is 0 Å². The third-order valence-corrected chi connectivity index (χ3v) is 3.79. The Balaban J connectivity index is 2.17. The average Bonchev–Trinajstić information content (AvgIpc) is 2.38. The van der Waals surface area contributed by atoms with Gasteiger partial charge in [-0.3, -0.25) is 0 Å². The first-order chi connectivity index (χ1) is 9.38. The maximum atomic E-state index is 11.1. The number of nitrogens with zero attached hydrogens (tertiary/aromatic N) is 1. The molecule has 0 aliphatic heterocycles. The standard InChI is InChI=1S/C13H16N4O2S/c1-9(11-4-2-3-5-12(11)14)17-13-7-6-10(8-16-13)20(15,18)19/h2-9H,14H2,1H3,(H,16,17)(H2,15,18,19). The Kier molecular flexibility index (Phi) is 3.91. The van der Waals surface area contributed by atoms with E-state index < -0.39 is 10.0 Å². The Hall–Kier alpha value is -2.12. The van der Waals surface area contributed by atoms with Crippen LogP contribution in [0.15, 0.2) is 47.5 Å². The zero-order valence-corrected chi connectivity index (χ0v) is 11.8. The summed E-state index contributed by atoms with van der Waals surface area (Å²) in [5, 5.41) is 8.17. The summed E-state index contributed by atoms with van der Waals surface area (Å²) in [5.41, 5.74) is 7.54. The van der Waals surface area contributed by atoms with Gasteiger partial charge in [0.15, 0.2) is 0 Å². The molecule has 1 atom stereocenters. The Morgan fingerprint density at radius 1 is 1.20 bits per heavy atom. The molecule has 7 heteroatoms. The van der Waals surface area contributed by atoms with Gasteiger partial charge in [0.25, 0.3) is 0 Å². The highest BCUT2D eigenvalue weighted by atomic mass is 32.2. The molecule has 0 spiro atoms. The van der Waals surface area contributed by atoms with E-state index in [9.17, 15) is 8.42 Å². The van der Waals surface area contributed by atoms with Crippen molar-refractivity contribution in [3.63, 3.8) is 0 Å². The number of hydrogen-bond acceptors (Lipinski definition) is 5. The molecular formula is C13H16N4O2S. The topological polar surface area (TPSA) is 111 Å². The van der Waals surface area contributed by atoms with Crippen LogP contribution in [0.5, 0.6) is 0 Å². The van der Waals surface area contributed by atoms with E-state index in [2.05, 4.69) is 10.3 Å². The van der Waals surface area contributed by atoms with Crippen molar-refractivity contribution in [3.8, 4) is 0 Å². The fraction of sp³-hybridized carbons (Fsp3) is 0.154. The van der Waals surface area contributed by atoms with Gasteiger partial charge < -0.3 is 11.1 Å². The van der Waals surface area contributed by atoms with Gasteiger partial charge in [0.05, 0.1) is 6.04 Å². The summed E-state index contributed by atoms with van der Waals surface area (Å²) in [6.45, 7) is 1.95. The summed E-state index contributed by atoms with van der Waals surface area (Å²) in [5.74, 6) is 0.549. The highest BCUT2D eigenvalue weighted by molar-refractivity contribution is 7.89. The zero-order valence-electron chi connectivity index (χ0n) is 10.9. The van der Waals surface area contributed by atoms with Crippen molar-refractivity contribution < 1.29 is 8.42 Å². The monoisotopic (exact) mass is 292 g/mol. The molecule has 0 fully saturated rings. The summed E-state index contributed by atoms with van der Waals surface area (Å²) in [4.78, 5) is 4.01. The molecule has 5 N–H and O–H groups in total. The lowest BCUT2D eigenvalue weighted by molar-refractivity contribution is 0.597. The van der Waals surface area contributed by atoms with Gasteiger partial charge in [-0.15, -0.1) is 0 Å². The number of nitrogen functional groups attached to an aromatic ring is 1. The summed E-state index contributed by atoms with van der Waals surface area (Å²) in [6, 6.07) is 10.4. The van der Waals surface area contributed by atoms with E-state index in [1.54, 1.807) is 6.07 Å². The van der Waals surface area contributed by atoms with E-state index in [1.165, 1.54) is 12.3 Å². The third-order valence-electron chi connectivity index (χ3n) is 2.89. The second kappa shape index (κ2) is 5.48. The second-order valence-electron chi connectivity index (χ2n) is 4.42. The number of nitrogens with two attached hydrogens (primary N) is 2. The van der Waals surface area contributed by atoms with Crippen LogP contribution in [0.2, 0.25) is 0 Å². The number of benzene rings is 1. The first kappa shape index (κ1) is 14.3. The zero-order chi connectivity index (χ0) is 14.8. The molecule has 0 amide bonds. The normalized spacial score (nSPS) is 12.9. The number of primary sulfonamides is 1. The quantitative estimate of drug-likeness (QED) is 0.739. The minimum Gasteiger partial charge on any atom is -0.398 e. The number of aromatic nitrogens is 1. The number of anilines is 2. The molecule has 1 aromatic carbocycles. The molecule has 106 valence electrons. The van der Waals surface area contributed by atoms with Crippen molar-refractivity contribution in [2.75, 3.05) is 11.1 Å². The summed E-state index contributed by atoms with van der Waals surface area (Å²) in [7, 11) is -3.72. The van der Waals surface area contributed by atoms with Crippen LogP contribution in [-0.2, 0) is 10.0 Å². The summed E-state index contributed by atoms with van der Waals surface area (Å²) in [6.07, 6.45) is 1.22. The minimum absolute atomic E-state index is 0.0186. The Morgan fingerprint density at radius 2 is 1.90 bits per heavy atom. The van der Waals surface area contributed by atoms with Gasteiger partial charge in [0.2, 0.25) is 10.0 Å². The van der Waals surface area contributed by atoms with E-state index in [0.717, 1.165) is 5.56 Å². The van der Waals surface area contributed by atoms with Crippen LogP contribution in [0.4, 0.5) is 11.5 Å². The van der Waals surface area contributed by atoms with Gasteiger partial charge in [-0.1, -0.05) is 18.2 Å². The predicted molar refractivity (Wildman–Crippen MR) is 78.5 cm³/mol. The fourth-order valence-electron chi connectivity index (χ4n) is 1.84. The Bertz CT molecular complexity index is 699. The summed E-state index contributed by atoms with van der Waals surface area (Å²) < 4.78 is 22.3. The Labute approximate surface area is 117 Å². The fourth-order valence-corrected chi connectivity index (χ4v) is 2.30. The number of pyridine rings is 1. The van der Waals surface area contributed by atoms with E-state index >= 15 is 0 Å². The third kappa shape index (κ3) is 3.25. The van der Waals surface area contributed by atoms with E-state index in [-0.39, 0.29) is 10.9 Å². The maximum Gasteiger partial charge on any atom is 0.239 e. The largest absolute Gasteiger partial charge is 0.398 e. The van der Waals surface area contributed by atoms with E-state index in [4.69, 9.17) is 10.9 Å². The SMILES string of the molecule is CC(Nc1ccc(S(N)(=O)=O)cn1)c1ccccc1N. The van der Waals surface area contributed by atoms with Crippen molar-refractivity contribution in [1.82, 2.24) is 4.98 Å². The van der Waals surface area contributed by atoms with Gasteiger partial charge in [0, 0.05) is 11.9 Å². The van der Waals surface area contributed by atoms with Gasteiger partial charge in [-0.2, -0.15) is 0 Å². The van der Waals surface area contributed by atoms with Crippen molar-refractivity contribution in [2.24, 2.45) is 5.14 Å². The number of nitrogens with one attached hydrogen (secondary N) is 1. The van der Waals surface area contributed by atoms with Gasteiger partial charge in [0.1, 0.15) is 10.7 Å². The summed E-state index contributed by atoms with van der Waals surface area (Å²) >= 11 is 0. The number of rotatable bonds is 4. The van der Waals surface area contributed by atoms with Crippen molar-refractivity contribution >= 4 is 21.5 Å². The van der Waals surface area contributed by atoms with Gasteiger partial charge in [-0.25, -0.2) is 18.5 Å². The van der Waals surface area contributed by atoms with Gasteiger partial charge in [-0.05, 0) is 30.7 Å². The molecule has 20 heavy (non-hydrogen) atoms. The van der Waals surface area contributed by atoms with Crippen LogP contribution in [0.3, 0.4) is 0 Å². The van der Waals surface area contributed by atoms with Crippen LogP contribution in [0.1, 0.15) is 18.5 Å². The molecule has 1 aromatic heterocycles. The van der Waals surface area contributed by atoms with Crippen molar-refractivity contribution in [3.05, 3.63) is 48.2 Å². The molecule has 0 radical (unpaired) electrons. The lowest BCUT2D eigenvalue weighted by atomic mass is 10.1. The molecule has 2 aromatic rings. The smallest absolute Gasteiger partial charge is 0.239 e. The lowest BCUT2D eigenvalue weighted by Crippen LogP contribution is -2.13. The van der Waals surface area contributed by atoms with Crippen LogP contribution >= 0.6 is 0 Å². The number of sulfonamides is 1. The molecule has 2 rings (SSSR count). The van der Waals surface area contributed by atoms with Crippen molar-refractivity contribution in [2.45, 2.75) is 17.9 Å². The average molecular weight is 292 g/mol. The van der Waals surface area contributed by atoms with Crippen LogP contribution < -0.4 is 16.2 Å². The molecule has 0 aliphatic rings. The highest BCUT2D eigenvalue weighted by Gasteiger charge is 2.11. The second-order valence-corrected chi connectivity index (χ2v) is 5.98. The number of para-hydroxylation sites is 1. The number of hydrogen-bond donors (Lipinski definition) is 3. The molecule has 0 bridgehead atoms. The van der Waals surface area contributed by atoms with Crippen LogP contribution in [0.25, 0.3) is 0 Å². The molecule has 1 heterocycles. The lowest BCUT2D eigenvalue weighted by Gasteiger charge is -2.16. The maximum absolute atomic E-state index is 11.1. The van der Waals surface area contributed by atoms with Crippen LogP contribution in [-0.4, -0.2) is 13.4 Å².